The smallest absolute Gasteiger partial charge is 0.134 e. The van der Waals surface area contributed by atoms with Crippen molar-refractivity contribution in [3.63, 3.8) is 0 Å². The molecule has 0 aliphatic heterocycles. The van der Waals surface area contributed by atoms with Crippen LogP contribution in [-0.2, 0) is 29.7 Å². The molecule has 0 spiro atoms. The van der Waals surface area contributed by atoms with E-state index in [0.29, 0.717) is 0 Å². The molecule has 0 fully saturated rings. The van der Waals surface area contributed by atoms with Gasteiger partial charge in [0.15, 0.2) is 0 Å². The Labute approximate surface area is 62.0 Å². The Bertz CT molecular complexity index is 86.6. The number of rotatable bonds is 2. The van der Waals surface area contributed by atoms with Crippen molar-refractivity contribution in [2.24, 2.45) is 0 Å². The fourth-order valence-electron chi connectivity index (χ4n) is 0.278. The zero-order valence-corrected chi connectivity index (χ0v) is 6.96. The van der Waals surface area contributed by atoms with E-state index < -0.39 is 0 Å². The Morgan fingerprint density at radius 3 is 1.88 bits per heavy atom. The molecule has 1 radical (unpaired) electrons. The molecule has 0 aliphatic rings. The van der Waals surface area contributed by atoms with Crippen LogP contribution in [0.2, 0.25) is 0 Å². The monoisotopic (exact) mass is 292 g/mol. The van der Waals surface area contributed by atoms with Gasteiger partial charge in [-0.1, -0.05) is 0 Å². The van der Waals surface area contributed by atoms with Crippen molar-refractivity contribution >= 4 is 11.6 Å². The summed E-state index contributed by atoms with van der Waals surface area (Å²) in [7, 11) is 0. The van der Waals surface area contributed by atoms with Crippen LogP contribution >= 0.6 is 0 Å². The number of hydrogen-bond acceptors (Lipinski definition) is 2. The van der Waals surface area contributed by atoms with Crippen molar-refractivity contribution in [2.75, 3.05) is 0 Å². The molecule has 0 aromatic heterocycles. The second-order valence-electron chi connectivity index (χ2n) is 1.42. The molecular weight excluding hydrogens is 284 g/mol. The maximum Gasteiger partial charge on any atom is 0.134 e. The van der Waals surface area contributed by atoms with Crippen LogP contribution in [-0.4, -0.2) is 11.6 Å². The molecule has 3 heteroatoms. The molecule has 0 aliphatic carbocycles. The van der Waals surface area contributed by atoms with Crippen molar-refractivity contribution in [1.29, 1.82) is 0 Å². The summed E-state index contributed by atoms with van der Waals surface area (Å²) in [6.45, 7) is 4.38. The van der Waals surface area contributed by atoms with Gasteiger partial charge < -0.3 is 11.7 Å². The van der Waals surface area contributed by atoms with Gasteiger partial charge in [0.05, 0.1) is 0 Å². The van der Waals surface area contributed by atoms with Crippen LogP contribution in [0.15, 0.2) is 0 Å². The summed E-state index contributed by atoms with van der Waals surface area (Å²) in [6, 6.07) is 0. The Hall–Kier alpha value is -0.141. The molecule has 0 rings (SSSR count). The number of Topliss-reactive ketones (excluding diaryl/α,β-unsaturated/α-hetero) is 2. The number of carbonyl (C=O) groups excluding carboxylic acids is 2. The van der Waals surface area contributed by atoms with Crippen LogP contribution in [0.4, 0.5) is 0 Å². The van der Waals surface area contributed by atoms with Gasteiger partial charge in [0, 0.05) is 32.3 Å². The van der Waals surface area contributed by atoms with Crippen LogP contribution in [0, 0.1) is 6.92 Å². The Balaban J connectivity index is 0. The molecule has 0 saturated heterocycles. The Kier molecular flexibility index (Phi) is 6.74. The molecule has 0 N–H and O–H groups in total. The van der Waals surface area contributed by atoms with E-state index in [0.717, 1.165) is 0 Å². The van der Waals surface area contributed by atoms with Crippen LogP contribution in [0.1, 0.15) is 13.3 Å². The van der Waals surface area contributed by atoms with Crippen LogP contribution in [0.3, 0.4) is 0 Å². The van der Waals surface area contributed by atoms with Crippen LogP contribution < -0.4 is 0 Å². The summed E-state index contributed by atoms with van der Waals surface area (Å²) in [5.41, 5.74) is 0. The minimum Gasteiger partial charge on any atom is -0.339 e. The van der Waals surface area contributed by atoms with Gasteiger partial charge in [0.1, 0.15) is 5.78 Å². The quantitative estimate of drug-likeness (QED) is 0.544. The first-order valence-electron chi connectivity index (χ1n) is 1.97. The van der Waals surface area contributed by atoms with E-state index in [1.807, 2.05) is 0 Å². The molecule has 0 aromatic carbocycles. The predicted octanol–water partition coefficient (Wildman–Crippen LogP) is 0.366. The minimum absolute atomic E-state index is 0. The van der Waals surface area contributed by atoms with Crippen molar-refractivity contribution in [3.05, 3.63) is 6.92 Å². The summed E-state index contributed by atoms with van der Waals surface area (Å²) < 4.78 is 0. The van der Waals surface area contributed by atoms with E-state index >= 15 is 0 Å². The van der Waals surface area contributed by atoms with E-state index in [4.69, 9.17) is 0 Å². The fourth-order valence-corrected chi connectivity index (χ4v) is 0.278. The molecule has 0 unspecified atom stereocenters. The first-order chi connectivity index (χ1) is 3.13. The molecule has 0 heterocycles. The number of ketones is 2. The van der Waals surface area contributed by atoms with E-state index in [9.17, 15) is 9.59 Å². The van der Waals surface area contributed by atoms with Crippen molar-refractivity contribution in [1.82, 2.24) is 0 Å². The van der Waals surface area contributed by atoms with E-state index in [2.05, 4.69) is 6.92 Å². The molecule has 0 atom stereocenters. The van der Waals surface area contributed by atoms with Gasteiger partial charge in [-0.2, -0.15) is 0 Å². The molecule has 0 aromatic rings. The van der Waals surface area contributed by atoms with Gasteiger partial charge in [-0.3, -0.25) is 4.79 Å². The minimum atomic E-state index is -0.312. The standard InChI is InChI=1S/C5H7O2.Ir/c1-4(6)3-5(2)7;/h1,3H2,2H3;/q-1;. The third-order valence-electron chi connectivity index (χ3n) is 0.446. The van der Waals surface area contributed by atoms with Gasteiger partial charge in [-0.25, -0.2) is 0 Å². The number of hydrogen-bond donors (Lipinski definition) is 0. The average molecular weight is 291 g/mol. The topological polar surface area (TPSA) is 34.1 Å². The Morgan fingerprint density at radius 1 is 1.50 bits per heavy atom. The van der Waals surface area contributed by atoms with Gasteiger partial charge in [-0.05, 0) is 6.92 Å². The second-order valence-corrected chi connectivity index (χ2v) is 1.42. The summed E-state index contributed by atoms with van der Waals surface area (Å²) >= 11 is 0. The first-order valence-corrected chi connectivity index (χ1v) is 1.97. The third kappa shape index (κ3) is 9.29. The SMILES string of the molecule is [CH2-]C(=O)CC(C)=O.[Ir]. The number of carbonyl (C=O) groups is 2. The summed E-state index contributed by atoms with van der Waals surface area (Å²) in [4.78, 5) is 19.9. The molecule has 0 amide bonds. The fraction of sp³-hybridized carbons (Fsp3) is 0.400. The summed E-state index contributed by atoms with van der Waals surface area (Å²) in [5.74, 6) is -0.437. The third-order valence-corrected chi connectivity index (χ3v) is 0.446. The van der Waals surface area contributed by atoms with Gasteiger partial charge >= 0.3 is 0 Å². The van der Waals surface area contributed by atoms with Crippen molar-refractivity contribution < 1.29 is 29.7 Å². The zero-order chi connectivity index (χ0) is 5.86. The van der Waals surface area contributed by atoms with E-state index in [1.54, 1.807) is 0 Å². The molecule has 0 bridgehead atoms. The molecule has 0 saturated carbocycles. The van der Waals surface area contributed by atoms with Gasteiger partial charge in [0.25, 0.3) is 0 Å². The predicted molar refractivity (Wildman–Crippen MR) is 25.7 cm³/mol. The van der Waals surface area contributed by atoms with Crippen LogP contribution in [0.5, 0.6) is 0 Å². The summed E-state index contributed by atoms with van der Waals surface area (Å²) in [6.07, 6.45) is -0.0278. The maximum absolute atomic E-state index is 9.99. The largest absolute Gasteiger partial charge is 0.339 e. The Morgan fingerprint density at radius 2 is 1.88 bits per heavy atom. The zero-order valence-electron chi connectivity index (χ0n) is 4.56. The second kappa shape index (κ2) is 5.01. The molecular formula is C5H7IrO2-. The molecule has 8 heavy (non-hydrogen) atoms. The maximum atomic E-state index is 9.99. The summed E-state index contributed by atoms with van der Waals surface area (Å²) in [5, 5.41) is 0. The normalized spacial score (nSPS) is 7.12. The molecule has 49 valence electrons. The van der Waals surface area contributed by atoms with Gasteiger partial charge in [-0.15, -0.1) is 0 Å². The molecule has 2 nitrogen and oxygen atoms in total. The van der Waals surface area contributed by atoms with Gasteiger partial charge in [0.2, 0.25) is 0 Å². The average Bonchev–Trinajstić information content (AvgIpc) is 1.27. The van der Waals surface area contributed by atoms with Crippen molar-refractivity contribution in [2.45, 2.75) is 13.3 Å². The van der Waals surface area contributed by atoms with Crippen molar-refractivity contribution in [3.8, 4) is 0 Å². The first kappa shape index (κ1) is 10.8. The van der Waals surface area contributed by atoms with E-state index in [-0.39, 0.29) is 38.1 Å². The van der Waals surface area contributed by atoms with E-state index in [1.165, 1.54) is 6.92 Å². The van der Waals surface area contributed by atoms with Crippen LogP contribution in [0.25, 0.3) is 0 Å².